The van der Waals surface area contributed by atoms with Crippen LogP contribution in [0.1, 0.15) is 12.8 Å². The quantitative estimate of drug-likeness (QED) is 0.544. The molecule has 1 unspecified atom stereocenters. The van der Waals surface area contributed by atoms with E-state index in [-0.39, 0.29) is 6.42 Å². The molecule has 0 saturated carbocycles. The Bertz CT molecular complexity index is 150. The first-order valence-electron chi connectivity index (χ1n) is 3.50. The fraction of sp³-hybridized carbons (Fsp3) is 0.833. The molecule has 1 amide bonds. The lowest BCUT2D eigenvalue weighted by Gasteiger charge is -1.97. The molecule has 0 aliphatic heterocycles. The standard InChI is InChI=1S/C6H14N2O2S/c7-3-1-4-11(10)5-2-6(8)9/h1-5,7H2,(H2,8,9). The van der Waals surface area contributed by atoms with Crippen molar-refractivity contribution in [3.8, 4) is 0 Å². The van der Waals surface area contributed by atoms with Crippen molar-refractivity contribution in [2.75, 3.05) is 18.1 Å². The lowest BCUT2D eigenvalue weighted by atomic mass is 10.5. The summed E-state index contributed by atoms with van der Waals surface area (Å²) in [6.45, 7) is 0.544. The fourth-order valence-corrected chi connectivity index (χ4v) is 1.68. The first-order chi connectivity index (χ1) is 5.16. The van der Waals surface area contributed by atoms with Crippen molar-refractivity contribution in [3.05, 3.63) is 0 Å². The molecule has 0 radical (unpaired) electrons. The molecule has 0 bridgehead atoms. The maximum Gasteiger partial charge on any atom is 0.218 e. The molecule has 0 fully saturated rings. The normalized spacial score (nSPS) is 12.8. The third kappa shape index (κ3) is 7.48. The SMILES string of the molecule is NCCCS(=O)CCC(N)=O. The molecule has 0 aromatic carbocycles. The molecule has 4 N–H and O–H groups in total. The van der Waals surface area contributed by atoms with Crippen molar-refractivity contribution in [2.24, 2.45) is 11.5 Å². The van der Waals surface area contributed by atoms with Crippen LogP contribution in [0.3, 0.4) is 0 Å². The molecule has 4 nitrogen and oxygen atoms in total. The number of hydrogen-bond acceptors (Lipinski definition) is 3. The van der Waals surface area contributed by atoms with Crippen molar-refractivity contribution in [3.63, 3.8) is 0 Å². The van der Waals surface area contributed by atoms with Crippen LogP contribution in [-0.4, -0.2) is 28.2 Å². The summed E-state index contributed by atoms with van der Waals surface area (Å²) in [4.78, 5) is 10.2. The molecule has 0 aromatic heterocycles. The van der Waals surface area contributed by atoms with Gasteiger partial charge in [-0.05, 0) is 13.0 Å². The third-order valence-corrected chi connectivity index (χ3v) is 2.56. The van der Waals surface area contributed by atoms with Crippen LogP contribution in [-0.2, 0) is 15.6 Å². The number of carbonyl (C=O) groups is 1. The molecule has 5 heteroatoms. The number of primary amides is 1. The molecule has 0 heterocycles. The molecule has 0 aromatic rings. The van der Waals surface area contributed by atoms with E-state index in [0.717, 1.165) is 6.42 Å². The van der Waals surface area contributed by atoms with Gasteiger partial charge in [0.1, 0.15) is 0 Å². The molecule has 1 atom stereocenters. The van der Waals surface area contributed by atoms with E-state index >= 15 is 0 Å². The molecular weight excluding hydrogens is 164 g/mol. The summed E-state index contributed by atoms with van der Waals surface area (Å²) in [5.74, 6) is 0.546. The van der Waals surface area contributed by atoms with Crippen LogP contribution in [0, 0.1) is 0 Å². The summed E-state index contributed by atoms with van der Waals surface area (Å²) < 4.78 is 11.0. The Kier molecular flexibility index (Phi) is 6.06. The second-order valence-electron chi connectivity index (χ2n) is 2.21. The average molecular weight is 178 g/mol. The van der Waals surface area contributed by atoms with Crippen LogP contribution in [0.2, 0.25) is 0 Å². The van der Waals surface area contributed by atoms with Crippen LogP contribution in [0.5, 0.6) is 0 Å². The topological polar surface area (TPSA) is 86.2 Å². The summed E-state index contributed by atoms with van der Waals surface area (Å²) in [7, 11) is -0.921. The summed E-state index contributed by atoms with van der Waals surface area (Å²) in [5.41, 5.74) is 10.1. The summed E-state index contributed by atoms with van der Waals surface area (Å²) in [6, 6.07) is 0. The maximum absolute atomic E-state index is 11.0. The number of nitrogens with two attached hydrogens (primary N) is 2. The number of amides is 1. The molecule has 0 aliphatic rings. The van der Waals surface area contributed by atoms with Gasteiger partial charge in [-0.2, -0.15) is 0 Å². The minimum absolute atomic E-state index is 0.206. The molecule has 0 saturated heterocycles. The van der Waals surface area contributed by atoms with E-state index in [0.29, 0.717) is 18.1 Å². The fourth-order valence-electron chi connectivity index (χ4n) is 0.561. The lowest BCUT2D eigenvalue weighted by molar-refractivity contribution is -0.117. The first-order valence-corrected chi connectivity index (χ1v) is 4.99. The Morgan fingerprint density at radius 3 is 2.45 bits per heavy atom. The van der Waals surface area contributed by atoms with Gasteiger partial charge in [-0.25, -0.2) is 0 Å². The molecule has 66 valence electrons. The lowest BCUT2D eigenvalue weighted by Crippen LogP contribution is -2.16. The zero-order valence-corrected chi connectivity index (χ0v) is 7.23. The van der Waals surface area contributed by atoms with Gasteiger partial charge in [-0.3, -0.25) is 9.00 Å². The van der Waals surface area contributed by atoms with E-state index in [1.807, 2.05) is 0 Å². The molecule has 11 heavy (non-hydrogen) atoms. The zero-order valence-electron chi connectivity index (χ0n) is 6.41. The predicted octanol–water partition coefficient (Wildman–Crippen LogP) is -1.04. The monoisotopic (exact) mass is 178 g/mol. The number of carbonyl (C=O) groups excluding carboxylic acids is 1. The van der Waals surface area contributed by atoms with Crippen LogP contribution < -0.4 is 11.5 Å². The van der Waals surface area contributed by atoms with Gasteiger partial charge in [-0.15, -0.1) is 0 Å². The second-order valence-corrected chi connectivity index (χ2v) is 3.90. The smallest absolute Gasteiger partial charge is 0.218 e. The van der Waals surface area contributed by atoms with Crippen LogP contribution >= 0.6 is 0 Å². The van der Waals surface area contributed by atoms with Gasteiger partial charge >= 0.3 is 0 Å². The van der Waals surface area contributed by atoms with E-state index in [4.69, 9.17) is 11.5 Å². The Labute approximate surface area is 68.8 Å². The highest BCUT2D eigenvalue weighted by Gasteiger charge is 2.00. The summed E-state index contributed by atoms with van der Waals surface area (Å²) >= 11 is 0. The van der Waals surface area contributed by atoms with E-state index in [1.54, 1.807) is 0 Å². The van der Waals surface area contributed by atoms with Gasteiger partial charge in [-0.1, -0.05) is 0 Å². The van der Waals surface area contributed by atoms with Crippen LogP contribution in [0.15, 0.2) is 0 Å². The molecule has 0 rings (SSSR count). The molecule has 0 spiro atoms. The van der Waals surface area contributed by atoms with Gasteiger partial charge in [0.05, 0.1) is 0 Å². The van der Waals surface area contributed by atoms with Gasteiger partial charge in [0.2, 0.25) is 5.91 Å². The van der Waals surface area contributed by atoms with Gasteiger partial charge in [0.15, 0.2) is 0 Å². The Morgan fingerprint density at radius 2 is 2.00 bits per heavy atom. The Balaban J connectivity index is 3.30. The van der Waals surface area contributed by atoms with Crippen LogP contribution in [0.4, 0.5) is 0 Å². The molecular formula is C6H14N2O2S. The van der Waals surface area contributed by atoms with E-state index in [2.05, 4.69) is 0 Å². The minimum Gasteiger partial charge on any atom is -0.370 e. The van der Waals surface area contributed by atoms with Crippen LogP contribution in [0.25, 0.3) is 0 Å². The van der Waals surface area contributed by atoms with Crippen molar-refractivity contribution < 1.29 is 9.00 Å². The minimum atomic E-state index is -0.921. The van der Waals surface area contributed by atoms with Crippen molar-refractivity contribution in [1.82, 2.24) is 0 Å². The zero-order chi connectivity index (χ0) is 8.69. The largest absolute Gasteiger partial charge is 0.370 e. The number of rotatable bonds is 6. The highest BCUT2D eigenvalue weighted by Crippen LogP contribution is 1.89. The highest BCUT2D eigenvalue weighted by atomic mass is 32.2. The third-order valence-electron chi connectivity index (χ3n) is 1.15. The highest BCUT2D eigenvalue weighted by molar-refractivity contribution is 7.84. The average Bonchev–Trinajstić information content (AvgIpc) is 1.97. The summed E-state index contributed by atoms with van der Waals surface area (Å²) in [6.07, 6.45) is 0.947. The van der Waals surface area contributed by atoms with E-state index in [9.17, 15) is 9.00 Å². The van der Waals surface area contributed by atoms with Crippen molar-refractivity contribution in [2.45, 2.75) is 12.8 Å². The summed E-state index contributed by atoms with van der Waals surface area (Å²) in [5, 5.41) is 0. The van der Waals surface area contributed by atoms with Gasteiger partial charge in [0.25, 0.3) is 0 Å². The predicted molar refractivity (Wildman–Crippen MR) is 45.4 cm³/mol. The van der Waals surface area contributed by atoms with Gasteiger partial charge < -0.3 is 11.5 Å². The first kappa shape index (κ1) is 10.6. The number of hydrogen-bond donors (Lipinski definition) is 2. The van der Waals surface area contributed by atoms with Crippen molar-refractivity contribution >= 4 is 16.7 Å². The maximum atomic E-state index is 11.0. The second kappa shape index (κ2) is 6.30. The Morgan fingerprint density at radius 1 is 1.36 bits per heavy atom. The van der Waals surface area contributed by atoms with E-state index < -0.39 is 16.7 Å². The van der Waals surface area contributed by atoms with Crippen molar-refractivity contribution in [1.29, 1.82) is 0 Å². The Hall–Kier alpha value is -0.420. The van der Waals surface area contributed by atoms with Gasteiger partial charge in [0, 0.05) is 28.7 Å². The van der Waals surface area contributed by atoms with E-state index in [1.165, 1.54) is 0 Å². The molecule has 0 aliphatic carbocycles.